The van der Waals surface area contributed by atoms with Crippen LogP contribution in [0.4, 0.5) is 13.2 Å². The molecule has 2 N–H and O–H groups in total. The van der Waals surface area contributed by atoms with Crippen LogP contribution < -0.4 is 10.6 Å². The van der Waals surface area contributed by atoms with Gasteiger partial charge in [0.05, 0.1) is 13.2 Å². The smallest absolute Gasteiger partial charge is 0.379 e. The Hall–Kier alpha value is -0.330. The van der Waals surface area contributed by atoms with Crippen LogP contribution in [0.25, 0.3) is 0 Å². The molecule has 19 heavy (non-hydrogen) atoms. The third-order valence-electron chi connectivity index (χ3n) is 3.33. The summed E-state index contributed by atoms with van der Waals surface area (Å²) in [6.45, 7) is 6.03. The number of halogens is 3. The molecular weight excluding hydrogens is 257 g/mol. The van der Waals surface area contributed by atoms with Gasteiger partial charge in [0.25, 0.3) is 0 Å². The highest BCUT2D eigenvalue weighted by atomic mass is 19.4. The van der Waals surface area contributed by atoms with Gasteiger partial charge in [-0.2, -0.15) is 13.2 Å². The number of ether oxygens (including phenoxy) is 1. The van der Waals surface area contributed by atoms with Crippen molar-refractivity contribution < 1.29 is 17.9 Å². The number of hydrogen-bond donors (Lipinski definition) is 2. The minimum atomic E-state index is -4.02. The fraction of sp³-hybridized carbons (Fsp3) is 1.00. The second kappa shape index (κ2) is 8.76. The normalized spacial score (nSPS) is 24.0. The topological polar surface area (TPSA) is 33.3 Å². The molecule has 1 aliphatic heterocycles. The summed E-state index contributed by atoms with van der Waals surface area (Å²) in [6, 6.07) is 0.377. The van der Waals surface area contributed by atoms with Crippen molar-refractivity contribution in [1.29, 1.82) is 0 Å². The Morgan fingerprint density at radius 3 is 2.63 bits per heavy atom. The number of nitrogens with one attached hydrogen (secondary N) is 2. The molecule has 0 aromatic carbocycles. The van der Waals surface area contributed by atoms with E-state index in [1.54, 1.807) is 0 Å². The molecule has 3 nitrogen and oxygen atoms in total. The highest BCUT2D eigenvalue weighted by Crippen LogP contribution is 2.21. The van der Waals surface area contributed by atoms with Crippen molar-refractivity contribution in [2.45, 2.75) is 44.8 Å². The first kappa shape index (κ1) is 16.7. The van der Waals surface area contributed by atoms with Crippen molar-refractivity contribution in [1.82, 2.24) is 10.6 Å². The molecule has 0 aromatic heterocycles. The van der Waals surface area contributed by atoms with E-state index >= 15 is 0 Å². The fourth-order valence-electron chi connectivity index (χ4n) is 2.22. The predicted octanol–water partition coefficient (Wildman–Crippen LogP) is 2.32. The molecule has 2 unspecified atom stereocenters. The summed E-state index contributed by atoms with van der Waals surface area (Å²) in [7, 11) is 0. The van der Waals surface area contributed by atoms with Crippen LogP contribution in [0.3, 0.4) is 0 Å². The van der Waals surface area contributed by atoms with E-state index in [2.05, 4.69) is 17.6 Å². The zero-order chi connectivity index (χ0) is 14.1. The lowest BCUT2D eigenvalue weighted by Gasteiger charge is -2.19. The van der Waals surface area contributed by atoms with Crippen molar-refractivity contribution in [3.8, 4) is 0 Å². The van der Waals surface area contributed by atoms with Crippen LogP contribution in [0.15, 0.2) is 0 Å². The average molecular weight is 282 g/mol. The maximum atomic E-state index is 11.9. The van der Waals surface area contributed by atoms with Crippen molar-refractivity contribution >= 4 is 0 Å². The fourth-order valence-corrected chi connectivity index (χ4v) is 2.22. The van der Waals surface area contributed by atoms with Crippen molar-refractivity contribution in [2.75, 3.05) is 32.8 Å². The van der Waals surface area contributed by atoms with Gasteiger partial charge in [0, 0.05) is 24.9 Å². The van der Waals surface area contributed by atoms with Gasteiger partial charge < -0.3 is 15.4 Å². The van der Waals surface area contributed by atoms with Gasteiger partial charge in [-0.15, -0.1) is 0 Å². The quantitative estimate of drug-likeness (QED) is 0.637. The largest absolute Gasteiger partial charge is 0.389 e. The molecule has 0 amide bonds. The predicted molar refractivity (Wildman–Crippen MR) is 69.2 cm³/mol. The van der Waals surface area contributed by atoms with Crippen LogP contribution in [-0.2, 0) is 4.74 Å². The van der Waals surface area contributed by atoms with Gasteiger partial charge >= 0.3 is 6.18 Å². The van der Waals surface area contributed by atoms with Gasteiger partial charge in [0.15, 0.2) is 0 Å². The SMILES string of the molecule is CCCNC1COCC1CNCCCCC(F)(F)F. The van der Waals surface area contributed by atoms with Crippen LogP contribution in [0.1, 0.15) is 32.6 Å². The molecule has 0 bridgehead atoms. The molecule has 0 spiro atoms. The lowest BCUT2D eigenvalue weighted by atomic mass is 10.0. The zero-order valence-corrected chi connectivity index (χ0v) is 11.6. The molecule has 1 heterocycles. The molecule has 0 aromatic rings. The molecule has 1 fully saturated rings. The lowest BCUT2D eigenvalue weighted by Crippen LogP contribution is -2.40. The van der Waals surface area contributed by atoms with E-state index in [1.165, 1.54) is 0 Å². The molecule has 0 radical (unpaired) electrons. The molecule has 0 saturated carbocycles. The number of hydrogen-bond acceptors (Lipinski definition) is 3. The van der Waals surface area contributed by atoms with Gasteiger partial charge in [-0.3, -0.25) is 0 Å². The van der Waals surface area contributed by atoms with E-state index in [9.17, 15) is 13.2 Å². The van der Waals surface area contributed by atoms with Crippen LogP contribution in [0.5, 0.6) is 0 Å². The van der Waals surface area contributed by atoms with Crippen LogP contribution in [-0.4, -0.2) is 45.1 Å². The van der Waals surface area contributed by atoms with Gasteiger partial charge in [0.1, 0.15) is 0 Å². The van der Waals surface area contributed by atoms with E-state index in [0.29, 0.717) is 24.9 Å². The summed E-state index contributed by atoms with van der Waals surface area (Å²) in [5, 5.41) is 6.67. The van der Waals surface area contributed by atoms with E-state index in [0.717, 1.165) is 32.7 Å². The Balaban J connectivity index is 2.02. The minimum Gasteiger partial charge on any atom is -0.379 e. The Bertz CT molecular complexity index is 236. The van der Waals surface area contributed by atoms with Crippen LogP contribution in [0, 0.1) is 5.92 Å². The number of rotatable bonds is 9. The molecule has 0 aliphatic carbocycles. The minimum absolute atomic E-state index is 0.204. The molecule has 6 heteroatoms. The molecular formula is C13H25F3N2O. The summed E-state index contributed by atoms with van der Waals surface area (Å²) >= 11 is 0. The summed E-state index contributed by atoms with van der Waals surface area (Å²) in [5.74, 6) is 0.425. The zero-order valence-electron chi connectivity index (χ0n) is 11.6. The van der Waals surface area contributed by atoms with Gasteiger partial charge in [-0.25, -0.2) is 0 Å². The Morgan fingerprint density at radius 2 is 1.95 bits per heavy atom. The molecule has 2 atom stereocenters. The third-order valence-corrected chi connectivity index (χ3v) is 3.33. The van der Waals surface area contributed by atoms with Crippen LogP contribution >= 0.6 is 0 Å². The summed E-state index contributed by atoms with van der Waals surface area (Å²) < 4.78 is 41.2. The van der Waals surface area contributed by atoms with Gasteiger partial charge in [-0.1, -0.05) is 6.92 Å². The molecule has 1 rings (SSSR count). The highest BCUT2D eigenvalue weighted by molar-refractivity contribution is 4.82. The summed E-state index contributed by atoms with van der Waals surface area (Å²) in [4.78, 5) is 0. The first-order chi connectivity index (χ1) is 9.03. The van der Waals surface area contributed by atoms with Gasteiger partial charge in [0.2, 0.25) is 0 Å². The Morgan fingerprint density at radius 1 is 1.16 bits per heavy atom. The molecule has 1 saturated heterocycles. The second-order valence-corrected chi connectivity index (χ2v) is 5.13. The van der Waals surface area contributed by atoms with E-state index in [1.807, 2.05) is 0 Å². The van der Waals surface area contributed by atoms with Crippen molar-refractivity contribution in [2.24, 2.45) is 5.92 Å². The average Bonchev–Trinajstić information content (AvgIpc) is 2.77. The Labute approximate surface area is 113 Å². The van der Waals surface area contributed by atoms with Crippen molar-refractivity contribution in [3.63, 3.8) is 0 Å². The number of unbranched alkanes of at least 4 members (excludes halogenated alkanes) is 1. The maximum absolute atomic E-state index is 11.9. The maximum Gasteiger partial charge on any atom is 0.389 e. The van der Waals surface area contributed by atoms with Crippen LogP contribution in [0.2, 0.25) is 0 Å². The van der Waals surface area contributed by atoms with E-state index in [4.69, 9.17) is 4.74 Å². The third kappa shape index (κ3) is 7.74. The second-order valence-electron chi connectivity index (χ2n) is 5.13. The Kier molecular flexibility index (Phi) is 7.71. The van der Waals surface area contributed by atoms with Gasteiger partial charge in [-0.05, 0) is 32.4 Å². The molecule has 1 aliphatic rings. The van der Waals surface area contributed by atoms with E-state index in [-0.39, 0.29) is 6.42 Å². The standard InChI is InChI=1S/C13H25F3N2O/c1-2-6-18-12-10-19-9-11(12)8-17-7-4-3-5-13(14,15)16/h11-12,17-18H,2-10H2,1H3. The highest BCUT2D eigenvalue weighted by Gasteiger charge is 2.27. The summed E-state index contributed by atoms with van der Waals surface area (Å²) in [6.07, 6.45) is -2.83. The first-order valence-electron chi connectivity index (χ1n) is 7.11. The van der Waals surface area contributed by atoms with Crippen molar-refractivity contribution in [3.05, 3.63) is 0 Å². The molecule has 114 valence electrons. The lowest BCUT2D eigenvalue weighted by molar-refractivity contribution is -0.135. The van der Waals surface area contributed by atoms with E-state index < -0.39 is 12.6 Å². The number of alkyl halides is 3. The monoisotopic (exact) mass is 282 g/mol. The summed E-state index contributed by atoms with van der Waals surface area (Å²) in [5.41, 5.74) is 0. The first-order valence-corrected chi connectivity index (χ1v) is 7.11.